The van der Waals surface area contributed by atoms with E-state index < -0.39 is 0 Å². The molecule has 3 heteroatoms. The first-order valence-electron chi connectivity index (χ1n) is 5.41. The van der Waals surface area contributed by atoms with Crippen LogP contribution in [0.15, 0.2) is 18.2 Å². The zero-order valence-electron chi connectivity index (χ0n) is 8.53. The number of rotatable bonds is 0. The maximum absolute atomic E-state index is 11.8. The van der Waals surface area contributed by atoms with Crippen molar-refractivity contribution >= 4 is 11.6 Å². The molecule has 0 atom stereocenters. The van der Waals surface area contributed by atoms with Gasteiger partial charge >= 0.3 is 0 Å². The molecule has 0 aromatic heterocycles. The molecule has 1 amide bonds. The van der Waals surface area contributed by atoms with Crippen molar-refractivity contribution in [2.24, 2.45) is 0 Å². The van der Waals surface area contributed by atoms with Crippen molar-refractivity contribution in [3.05, 3.63) is 23.8 Å². The number of hydrogen-bond acceptors (Lipinski definition) is 2. The Kier molecular flexibility index (Phi) is 1.91. The van der Waals surface area contributed by atoms with E-state index in [0.29, 0.717) is 13.0 Å². The minimum atomic E-state index is 0.195. The van der Waals surface area contributed by atoms with Crippen LogP contribution in [0.2, 0.25) is 0 Å². The van der Waals surface area contributed by atoms with Crippen LogP contribution in [0.25, 0.3) is 0 Å². The van der Waals surface area contributed by atoms with Gasteiger partial charge in [0, 0.05) is 6.54 Å². The smallest absolute Gasteiger partial charge is 0.230 e. The second-order valence-corrected chi connectivity index (χ2v) is 4.01. The van der Waals surface area contributed by atoms with Crippen molar-refractivity contribution in [1.29, 1.82) is 0 Å². The molecule has 78 valence electrons. The summed E-state index contributed by atoms with van der Waals surface area (Å²) in [5.74, 6) is 1.07. The van der Waals surface area contributed by atoms with Gasteiger partial charge in [-0.15, -0.1) is 0 Å². The van der Waals surface area contributed by atoms with Crippen LogP contribution < -0.4 is 9.64 Å². The van der Waals surface area contributed by atoms with Gasteiger partial charge in [0.2, 0.25) is 5.91 Å². The lowest BCUT2D eigenvalue weighted by Gasteiger charge is -2.28. The number of hydrogen-bond donors (Lipinski definition) is 0. The van der Waals surface area contributed by atoms with Gasteiger partial charge in [0.25, 0.3) is 0 Å². The average Bonchev–Trinajstić information content (AvgIpc) is 2.42. The zero-order valence-corrected chi connectivity index (χ0v) is 8.53. The van der Waals surface area contributed by atoms with Crippen molar-refractivity contribution in [1.82, 2.24) is 0 Å². The summed E-state index contributed by atoms with van der Waals surface area (Å²) in [5, 5.41) is 0. The number of amides is 1. The lowest BCUT2D eigenvalue weighted by molar-refractivity contribution is -0.118. The van der Waals surface area contributed by atoms with E-state index in [-0.39, 0.29) is 5.91 Å². The Morgan fingerprint density at radius 2 is 2.20 bits per heavy atom. The molecule has 0 aliphatic carbocycles. The molecule has 2 heterocycles. The van der Waals surface area contributed by atoms with E-state index in [1.807, 2.05) is 17.0 Å². The summed E-state index contributed by atoms with van der Waals surface area (Å²) in [6.45, 7) is 1.35. The van der Waals surface area contributed by atoms with Crippen LogP contribution in [-0.4, -0.2) is 19.1 Å². The van der Waals surface area contributed by atoms with Crippen LogP contribution in [0, 0.1) is 0 Å². The number of ether oxygens (including phenoxy) is 1. The molecular weight excluding hydrogens is 190 g/mol. The van der Waals surface area contributed by atoms with E-state index in [2.05, 4.69) is 6.07 Å². The largest absolute Gasteiger partial charge is 0.491 e. The van der Waals surface area contributed by atoms with Gasteiger partial charge in [-0.3, -0.25) is 4.79 Å². The summed E-state index contributed by atoms with van der Waals surface area (Å²) in [7, 11) is 0. The molecule has 0 saturated heterocycles. The summed E-state index contributed by atoms with van der Waals surface area (Å²) >= 11 is 0. The zero-order chi connectivity index (χ0) is 10.3. The number of benzene rings is 1. The molecule has 0 radical (unpaired) electrons. The number of aryl methyl sites for hydroxylation is 1. The highest BCUT2D eigenvalue weighted by Gasteiger charge is 2.27. The molecule has 0 spiro atoms. The maximum Gasteiger partial charge on any atom is 0.230 e. The number of carbonyl (C=O) groups excluding carboxylic acids is 1. The third-order valence-corrected chi connectivity index (χ3v) is 3.05. The van der Waals surface area contributed by atoms with E-state index in [9.17, 15) is 4.79 Å². The number of nitrogens with zero attached hydrogens (tertiary/aromatic N) is 1. The molecule has 2 aliphatic heterocycles. The van der Waals surface area contributed by atoms with Crippen LogP contribution in [-0.2, 0) is 11.2 Å². The quantitative estimate of drug-likeness (QED) is 0.643. The summed E-state index contributed by atoms with van der Waals surface area (Å²) in [6, 6.07) is 6.05. The van der Waals surface area contributed by atoms with Gasteiger partial charge in [-0.1, -0.05) is 12.1 Å². The molecule has 3 nitrogen and oxygen atoms in total. The van der Waals surface area contributed by atoms with Crippen molar-refractivity contribution in [2.45, 2.75) is 19.3 Å². The average molecular weight is 203 g/mol. The molecule has 0 fully saturated rings. The molecule has 0 bridgehead atoms. The number of carbonyl (C=O) groups is 1. The predicted molar refractivity (Wildman–Crippen MR) is 57.2 cm³/mol. The summed E-state index contributed by atoms with van der Waals surface area (Å²) in [5.41, 5.74) is 2.26. The molecule has 0 saturated carbocycles. The fourth-order valence-electron chi connectivity index (χ4n) is 2.36. The topological polar surface area (TPSA) is 29.5 Å². The second-order valence-electron chi connectivity index (χ2n) is 4.01. The van der Waals surface area contributed by atoms with E-state index >= 15 is 0 Å². The lowest BCUT2D eigenvalue weighted by atomic mass is 10.0. The van der Waals surface area contributed by atoms with Crippen LogP contribution in [0.4, 0.5) is 5.69 Å². The van der Waals surface area contributed by atoms with Gasteiger partial charge in [-0.2, -0.15) is 0 Å². The summed E-state index contributed by atoms with van der Waals surface area (Å²) in [4.78, 5) is 13.7. The standard InChI is InChI=1S/C12H13NO2/c14-11-6-8-15-10-5-1-3-9-4-2-7-13(11)12(9)10/h1,3,5H,2,4,6-8H2. The highest BCUT2D eigenvalue weighted by molar-refractivity contribution is 5.97. The van der Waals surface area contributed by atoms with Crippen LogP contribution >= 0.6 is 0 Å². The minimum absolute atomic E-state index is 0.195. The Balaban J connectivity index is 2.18. The molecule has 0 unspecified atom stereocenters. The Labute approximate surface area is 88.6 Å². The Morgan fingerprint density at radius 1 is 1.27 bits per heavy atom. The minimum Gasteiger partial charge on any atom is -0.491 e. The highest BCUT2D eigenvalue weighted by Crippen LogP contribution is 2.38. The highest BCUT2D eigenvalue weighted by atomic mass is 16.5. The van der Waals surface area contributed by atoms with E-state index in [4.69, 9.17) is 4.74 Å². The third-order valence-electron chi connectivity index (χ3n) is 3.05. The first-order chi connectivity index (χ1) is 7.36. The van der Waals surface area contributed by atoms with Gasteiger partial charge in [-0.05, 0) is 24.5 Å². The second kappa shape index (κ2) is 3.26. The van der Waals surface area contributed by atoms with Crippen molar-refractivity contribution in [3.63, 3.8) is 0 Å². The monoisotopic (exact) mass is 203 g/mol. The molecule has 15 heavy (non-hydrogen) atoms. The fraction of sp³-hybridized carbons (Fsp3) is 0.417. The maximum atomic E-state index is 11.8. The molecule has 1 aromatic rings. The SMILES string of the molecule is O=C1CCOc2cccc3c2N1CCC3. The van der Waals surface area contributed by atoms with Gasteiger partial charge in [-0.25, -0.2) is 0 Å². The molecule has 2 aliphatic rings. The molecule has 0 N–H and O–H groups in total. The van der Waals surface area contributed by atoms with Crippen LogP contribution in [0.5, 0.6) is 5.75 Å². The first kappa shape index (κ1) is 8.77. The fourth-order valence-corrected chi connectivity index (χ4v) is 2.36. The van der Waals surface area contributed by atoms with Gasteiger partial charge < -0.3 is 9.64 Å². The number of anilines is 1. The van der Waals surface area contributed by atoms with Crippen LogP contribution in [0.1, 0.15) is 18.4 Å². The van der Waals surface area contributed by atoms with E-state index in [1.165, 1.54) is 5.56 Å². The molecular formula is C12H13NO2. The van der Waals surface area contributed by atoms with Crippen LogP contribution in [0.3, 0.4) is 0 Å². The Hall–Kier alpha value is -1.51. The lowest BCUT2D eigenvalue weighted by Crippen LogP contribution is -2.34. The van der Waals surface area contributed by atoms with Crippen molar-refractivity contribution in [2.75, 3.05) is 18.1 Å². The molecule has 1 aromatic carbocycles. The first-order valence-corrected chi connectivity index (χ1v) is 5.41. The van der Waals surface area contributed by atoms with Gasteiger partial charge in [0.1, 0.15) is 5.75 Å². The third kappa shape index (κ3) is 1.30. The Morgan fingerprint density at radius 3 is 3.13 bits per heavy atom. The van der Waals surface area contributed by atoms with E-state index in [0.717, 1.165) is 30.8 Å². The summed E-state index contributed by atoms with van der Waals surface area (Å²) < 4.78 is 5.60. The van der Waals surface area contributed by atoms with Gasteiger partial charge in [0.15, 0.2) is 0 Å². The number of para-hydroxylation sites is 1. The van der Waals surface area contributed by atoms with Crippen molar-refractivity contribution in [3.8, 4) is 5.75 Å². The molecule has 3 rings (SSSR count). The van der Waals surface area contributed by atoms with Gasteiger partial charge in [0.05, 0.1) is 18.7 Å². The summed E-state index contributed by atoms with van der Waals surface area (Å²) in [6.07, 6.45) is 2.60. The predicted octanol–water partition coefficient (Wildman–Crippen LogP) is 1.75. The Bertz CT molecular complexity index is 414. The van der Waals surface area contributed by atoms with Crippen molar-refractivity contribution < 1.29 is 9.53 Å². The normalized spacial score (nSPS) is 19.2. The van der Waals surface area contributed by atoms with E-state index in [1.54, 1.807) is 0 Å².